The van der Waals surface area contributed by atoms with Crippen molar-refractivity contribution in [1.82, 2.24) is 10.2 Å². The van der Waals surface area contributed by atoms with Gasteiger partial charge in [0.2, 0.25) is 5.91 Å². The van der Waals surface area contributed by atoms with Crippen LogP contribution >= 0.6 is 0 Å². The first-order valence-electron chi connectivity index (χ1n) is 12.3. The molecule has 184 valence electrons. The van der Waals surface area contributed by atoms with Gasteiger partial charge in [0.15, 0.2) is 5.76 Å². The third kappa shape index (κ3) is 5.59. The molecule has 2 aromatic carbocycles. The summed E-state index contributed by atoms with van der Waals surface area (Å²) in [5.74, 6) is 1.47. The predicted octanol–water partition coefficient (Wildman–Crippen LogP) is 5.52. The molecule has 3 aromatic rings. The molecular formula is C29H34N2O4. The standard InChI is InChI=1S/C29H34N2O4/c1-5-16-30-27(32)25-14-13-23(35-25)19-34-22-12-11-20-15-17-31(28(33)29(2,3)4)26(24(20)18-22)21-9-7-6-8-10-21/h6-14,18,26H,5,15-17,19H2,1-4H3,(H,30,32). The van der Waals surface area contributed by atoms with Gasteiger partial charge >= 0.3 is 0 Å². The molecule has 4 rings (SSSR count). The van der Waals surface area contributed by atoms with Crippen LogP contribution in [0.15, 0.2) is 65.1 Å². The zero-order valence-corrected chi connectivity index (χ0v) is 21.0. The minimum Gasteiger partial charge on any atom is -0.486 e. The van der Waals surface area contributed by atoms with E-state index in [1.165, 1.54) is 5.56 Å². The van der Waals surface area contributed by atoms with Crippen LogP contribution in [0, 0.1) is 5.41 Å². The van der Waals surface area contributed by atoms with Crippen molar-refractivity contribution in [1.29, 1.82) is 0 Å². The number of furan rings is 1. The lowest BCUT2D eigenvalue weighted by atomic mass is 9.85. The zero-order valence-electron chi connectivity index (χ0n) is 21.0. The van der Waals surface area contributed by atoms with E-state index in [0.29, 0.717) is 24.6 Å². The molecule has 6 nitrogen and oxygen atoms in total. The molecule has 1 atom stereocenters. The van der Waals surface area contributed by atoms with Gasteiger partial charge in [0.1, 0.15) is 18.1 Å². The van der Waals surface area contributed by atoms with Crippen LogP contribution in [0.5, 0.6) is 5.75 Å². The maximum Gasteiger partial charge on any atom is 0.286 e. The summed E-state index contributed by atoms with van der Waals surface area (Å²) in [6.45, 7) is 9.39. The number of carbonyl (C=O) groups excluding carboxylic acids is 2. The average molecular weight is 475 g/mol. The molecule has 1 aromatic heterocycles. The first-order chi connectivity index (χ1) is 16.8. The molecule has 6 heteroatoms. The van der Waals surface area contributed by atoms with Crippen molar-refractivity contribution in [3.8, 4) is 5.75 Å². The van der Waals surface area contributed by atoms with Crippen molar-refractivity contribution >= 4 is 11.8 Å². The Morgan fingerprint density at radius 1 is 1.09 bits per heavy atom. The van der Waals surface area contributed by atoms with Gasteiger partial charge in [0.05, 0.1) is 6.04 Å². The fraction of sp³-hybridized carbons (Fsp3) is 0.379. The molecule has 2 heterocycles. The summed E-state index contributed by atoms with van der Waals surface area (Å²) in [4.78, 5) is 27.5. The SMILES string of the molecule is CCCNC(=O)c1ccc(COc2ccc3c(c2)C(c2ccccc2)N(C(=O)C(C)(C)C)CC3)o1. The molecule has 1 aliphatic heterocycles. The molecule has 1 aliphatic rings. The molecule has 0 saturated carbocycles. The second-order valence-electron chi connectivity index (χ2n) is 9.98. The average Bonchev–Trinajstić information content (AvgIpc) is 3.34. The molecule has 1 unspecified atom stereocenters. The first-order valence-corrected chi connectivity index (χ1v) is 12.3. The predicted molar refractivity (Wildman–Crippen MR) is 135 cm³/mol. The molecule has 0 radical (unpaired) electrons. The molecule has 0 bridgehead atoms. The number of nitrogens with one attached hydrogen (secondary N) is 1. The van der Waals surface area contributed by atoms with Crippen LogP contribution < -0.4 is 10.1 Å². The van der Waals surface area contributed by atoms with Gasteiger partial charge in [0.25, 0.3) is 5.91 Å². The Hall–Kier alpha value is -3.54. The van der Waals surface area contributed by atoms with E-state index in [9.17, 15) is 9.59 Å². The van der Waals surface area contributed by atoms with Gasteiger partial charge in [-0.3, -0.25) is 9.59 Å². The number of rotatable bonds is 7. The monoisotopic (exact) mass is 474 g/mol. The fourth-order valence-corrected chi connectivity index (χ4v) is 4.38. The maximum absolute atomic E-state index is 13.4. The number of amides is 2. The van der Waals surface area contributed by atoms with E-state index in [1.54, 1.807) is 12.1 Å². The Morgan fingerprint density at radius 2 is 1.86 bits per heavy atom. The van der Waals surface area contributed by atoms with Gasteiger partial charge in [-0.25, -0.2) is 0 Å². The summed E-state index contributed by atoms with van der Waals surface area (Å²) < 4.78 is 11.7. The number of ether oxygens (including phenoxy) is 1. The molecule has 0 fully saturated rings. The molecule has 0 saturated heterocycles. The molecule has 0 spiro atoms. The van der Waals surface area contributed by atoms with Crippen LogP contribution in [0.25, 0.3) is 0 Å². The smallest absolute Gasteiger partial charge is 0.286 e. The van der Waals surface area contributed by atoms with Gasteiger partial charge in [-0.1, -0.05) is 64.1 Å². The van der Waals surface area contributed by atoms with Crippen LogP contribution in [0.2, 0.25) is 0 Å². The number of nitrogens with zero attached hydrogens (tertiary/aromatic N) is 1. The van der Waals surface area contributed by atoms with E-state index in [2.05, 4.69) is 23.5 Å². The Morgan fingerprint density at radius 3 is 2.57 bits per heavy atom. The van der Waals surface area contributed by atoms with Crippen molar-refractivity contribution in [2.75, 3.05) is 13.1 Å². The summed E-state index contributed by atoms with van der Waals surface area (Å²) >= 11 is 0. The highest BCUT2D eigenvalue weighted by Gasteiger charge is 2.37. The van der Waals surface area contributed by atoms with Crippen molar-refractivity contribution < 1.29 is 18.7 Å². The summed E-state index contributed by atoms with van der Waals surface area (Å²) in [6.07, 6.45) is 1.67. The molecule has 0 aliphatic carbocycles. The maximum atomic E-state index is 13.4. The summed E-state index contributed by atoms with van der Waals surface area (Å²) in [5.41, 5.74) is 2.91. The Balaban J connectivity index is 1.57. The van der Waals surface area contributed by atoms with Gasteiger partial charge in [-0.15, -0.1) is 0 Å². The quantitative estimate of drug-likeness (QED) is 0.490. The largest absolute Gasteiger partial charge is 0.486 e. The Labute approximate surface area is 207 Å². The van der Waals surface area contributed by atoms with Crippen LogP contribution in [0.1, 0.15) is 73.2 Å². The van der Waals surface area contributed by atoms with E-state index in [4.69, 9.17) is 9.15 Å². The summed E-state index contributed by atoms with van der Waals surface area (Å²) in [5, 5.41) is 2.81. The molecular weight excluding hydrogens is 440 g/mol. The molecule has 35 heavy (non-hydrogen) atoms. The number of benzene rings is 2. The van der Waals surface area contributed by atoms with E-state index in [1.807, 2.05) is 62.9 Å². The number of hydrogen-bond acceptors (Lipinski definition) is 4. The lowest BCUT2D eigenvalue weighted by Crippen LogP contribution is -2.45. The third-order valence-electron chi connectivity index (χ3n) is 6.17. The highest BCUT2D eigenvalue weighted by atomic mass is 16.5. The van der Waals surface area contributed by atoms with Gasteiger partial charge in [-0.05, 0) is 53.8 Å². The highest BCUT2D eigenvalue weighted by Crippen LogP contribution is 2.39. The van der Waals surface area contributed by atoms with Crippen LogP contribution in [0.4, 0.5) is 0 Å². The second kappa shape index (κ2) is 10.4. The van der Waals surface area contributed by atoms with Crippen LogP contribution in [-0.2, 0) is 17.8 Å². The van der Waals surface area contributed by atoms with Crippen LogP contribution in [-0.4, -0.2) is 29.8 Å². The number of hydrogen-bond donors (Lipinski definition) is 1. The lowest BCUT2D eigenvalue weighted by molar-refractivity contribution is -0.141. The minimum absolute atomic E-state index is 0.132. The summed E-state index contributed by atoms with van der Waals surface area (Å²) in [7, 11) is 0. The van der Waals surface area contributed by atoms with Crippen molar-refractivity contribution in [3.05, 3.63) is 88.9 Å². The first kappa shape index (κ1) is 24.6. The molecule has 1 N–H and O–H groups in total. The normalized spacial score (nSPS) is 15.4. The fourth-order valence-electron chi connectivity index (χ4n) is 4.38. The topological polar surface area (TPSA) is 71.8 Å². The minimum atomic E-state index is -0.473. The lowest BCUT2D eigenvalue weighted by Gasteiger charge is -2.41. The van der Waals surface area contributed by atoms with Crippen LogP contribution in [0.3, 0.4) is 0 Å². The highest BCUT2D eigenvalue weighted by molar-refractivity contribution is 5.91. The molecule has 2 amide bonds. The van der Waals surface area contributed by atoms with Crippen molar-refractivity contribution in [2.24, 2.45) is 5.41 Å². The van der Waals surface area contributed by atoms with E-state index in [0.717, 1.165) is 24.0 Å². The van der Waals surface area contributed by atoms with Crippen molar-refractivity contribution in [2.45, 2.75) is 53.2 Å². The van der Waals surface area contributed by atoms with E-state index < -0.39 is 5.41 Å². The second-order valence-corrected chi connectivity index (χ2v) is 9.98. The Bertz CT molecular complexity index is 1180. The zero-order chi connectivity index (χ0) is 25.0. The van der Waals surface area contributed by atoms with E-state index >= 15 is 0 Å². The number of carbonyl (C=O) groups is 2. The summed E-state index contributed by atoms with van der Waals surface area (Å²) in [6, 6.07) is 19.5. The van der Waals surface area contributed by atoms with Gasteiger partial charge < -0.3 is 19.4 Å². The number of fused-ring (bicyclic) bond motifs is 1. The van der Waals surface area contributed by atoms with Crippen molar-refractivity contribution in [3.63, 3.8) is 0 Å². The van der Waals surface area contributed by atoms with E-state index in [-0.39, 0.29) is 30.2 Å². The third-order valence-corrected chi connectivity index (χ3v) is 6.17. The van der Waals surface area contributed by atoms with Gasteiger partial charge in [-0.2, -0.15) is 0 Å². The Kier molecular flexibility index (Phi) is 7.29. The van der Waals surface area contributed by atoms with Gasteiger partial charge in [0, 0.05) is 18.5 Å².